The number of carbonyl (C=O) groups excluding carboxylic acids is 1. The first-order valence-electron chi connectivity index (χ1n) is 6.82. The second-order valence-electron chi connectivity index (χ2n) is 5.23. The molecule has 1 N–H and O–H groups in total. The van der Waals surface area contributed by atoms with Crippen molar-refractivity contribution in [2.45, 2.75) is 12.6 Å². The van der Waals surface area contributed by atoms with Crippen molar-refractivity contribution in [3.8, 4) is 0 Å². The standard InChI is InChI=1S/C15H15BrFN3O/c16-12-2-1-10-7-18-14(6-11(10)5-12)19-15(21)9-20-4-3-13(17)8-20/h1-2,5-7,13H,3-4,8-9H2,(H,18,19,21)/t13-/m1/s1. The molecule has 1 atom stereocenters. The summed E-state index contributed by atoms with van der Waals surface area (Å²) >= 11 is 3.42. The Morgan fingerprint density at radius 3 is 3.05 bits per heavy atom. The smallest absolute Gasteiger partial charge is 0.239 e. The Labute approximate surface area is 130 Å². The van der Waals surface area contributed by atoms with Gasteiger partial charge in [-0.3, -0.25) is 9.69 Å². The van der Waals surface area contributed by atoms with Gasteiger partial charge in [0.2, 0.25) is 5.91 Å². The van der Waals surface area contributed by atoms with Crippen LogP contribution in [-0.2, 0) is 4.79 Å². The van der Waals surface area contributed by atoms with E-state index in [1.54, 1.807) is 6.20 Å². The highest BCUT2D eigenvalue weighted by molar-refractivity contribution is 9.10. The maximum atomic E-state index is 13.1. The number of benzene rings is 1. The van der Waals surface area contributed by atoms with E-state index in [2.05, 4.69) is 26.2 Å². The number of pyridine rings is 1. The molecular formula is C15H15BrFN3O. The van der Waals surface area contributed by atoms with Crippen LogP contribution in [0, 0.1) is 0 Å². The topological polar surface area (TPSA) is 45.2 Å². The molecular weight excluding hydrogens is 337 g/mol. The number of rotatable bonds is 3. The number of amides is 1. The lowest BCUT2D eigenvalue weighted by molar-refractivity contribution is -0.117. The van der Waals surface area contributed by atoms with Gasteiger partial charge in [-0.2, -0.15) is 0 Å². The molecule has 1 aromatic heterocycles. The summed E-state index contributed by atoms with van der Waals surface area (Å²) < 4.78 is 14.0. The zero-order valence-electron chi connectivity index (χ0n) is 11.4. The van der Waals surface area contributed by atoms with Gasteiger partial charge in [0.25, 0.3) is 0 Å². The van der Waals surface area contributed by atoms with Crippen molar-refractivity contribution in [3.63, 3.8) is 0 Å². The third kappa shape index (κ3) is 3.57. The minimum absolute atomic E-state index is 0.161. The third-order valence-electron chi connectivity index (χ3n) is 3.53. The van der Waals surface area contributed by atoms with E-state index in [9.17, 15) is 9.18 Å². The van der Waals surface area contributed by atoms with Crippen molar-refractivity contribution in [3.05, 3.63) is 34.9 Å². The largest absolute Gasteiger partial charge is 0.310 e. The van der Waals surface area contributed by atoms with Gasteiger partial charge in [0.05, 0.1) is 6.54 Å². The van der Waals surface area contributed by atoms with Crippen molar-refractivity contribution >= 4 is 38.4 Å². The monoisotopic (exact) mass is 351 g/mol. The van der Waals surface area contributed by atoms with E-state index >= 15 is 0 Å². The van der Waals surface area contributed by atoms with Crippen molar-refractivity contribution in [1.29, 1.82) is 0 Å². The maximum absolute atomic E-state index is 13.1. The van der Waals surface area contributed by atoms with Gasteiger partial charge in [0.1, 0.15) is 12.0 Å². The fourth-order valence-corrected chi connectivity index (χ4v) is 2.87. The molecule has 0 bridgehead atoms. The number of carbonyl (C=O) groups is 1. The first-order valence-corrected chi connectivity index (χ1v) is 7.61. The number of alkyl halides is 1. The number of hydrogen-bond acceptors (Lipinski definition) is 3. The van der Waals surface area contributed by atoms with E-state index in [-0.39, 0.29) is 12.5 Å². The number of fused-ring (bicyclic) bond motifs is 1. The summed E-state index contributed by atoms with van der Waals surface area (Å²) in [6.07, 6.45) is 1.43. The Bertz CT molecular complexity index is 679. The lowest BCUT2D eigenvalue weighted by Crippen LogP contribution is -2.32. The van der Waals surface area contributed by atoms with E-state index in [1.807, 2.05) is 29.2 Å². The summed E-state index contributed by atoms with van der Waals surface area (Å²) in [7, 11) is 0. The Morgan fingerprint density at radius 1 is 1.43 bits per heavy atom. The van der Waals surface area contributed by atoms with Gasteiger partial charge in [0, 0.05) is 29.1 Å². The van der Waals surface area contributed by atoms with Crippen LogP contribution in [-0.4, -0.2) is 41.6 Å². The Balaban J connectivity index is 1.68. The highest BCUT2D eigenvalue weighted by Gasteiger charge is 2.23. The fraction of sp³-hybridized carbons (Fsp3) is 0.333. The van der Waals surface area contributed by atoms with E-state index in [4.69, 9.17) is 0 Å². The number of aromatic nitrogens is 1. The predicted molar refractivity (Wildman–Crippen MR) is 84.0 cm³/mol. The van der Waals surface area contributed by atoms with Gasteiger partial charge < -0.3 is 5.32 Å². The molecule has 1 aliphatic rings. The number of nitrogens with zero attached hydrogens (tertiary/aromatic N) is 2. The third-order valence-corrected chi connectivity index (χ3v) is 4.03. The SMILES string of the molecule is O=C(CN1CC[C@@H](F)C1)Nc1cc2cc(Br)ccc2cn1. The molecule has 1 fully saturated rings. The first-order chi connectivity index (χ1) is 10.1. The number of likely N-dealkylation sites (tertiary alicyclic amines) is 1. The molecule has 0 radical (unpaired) electrons. The van der Waals surface area contributed by atoms with E-state index < -0.39 is 6.17 Å². The van der Waals surface area contributed by atoms with Crippen LogP contribution < -0.4 is 5.32 Å². The van der Waals surface area contributed by atoms with Crippen molar-refractivity contribution in [2.75, 3.05) is 25.0 Å². The predicted octanol–water partition coefficient (Wildman–Crippen LogP) is 2.98. The molecule has 1 aliphatic heterocycles. The van der Waals surface area contributed by atoms with E-state index in [0.29, 0.717) is 25.3 Å². The summed E-state index contributed by atoms with van der Waals surface area (Å²) in [5.74, 6) is 0.354. The molecule has 0 unspecified atom stereocenters. The van der Waals surface area contributed by atoms with E-state index in [1.165, 1.54) is 0 Å². The lowest BCUT2D eigenvalue weighted by atomic mass is 10.2. The molecule has 4 nitrogen and oxygen atoms in total. The molecule has 0 aliphatic carbocycles. The zero-order chi connectivity index (χ0) is 14.8. The van der Waals surface area contributed by atoms with Crippen LogP contribution in [0.1, 0.15) is 6.42 Å². The average molecular weight is 352 g/mol. The van der Waals surface area contributed by atoms with Crippen molar-refractivity contribution in [2.24, 2.45) is 0 Å². The molecule has 21 heavy (non-hydrogen) atoms. The van der Waals surface area contributed by atoms with Crippen LogP contribution in [0.4, 0.5) is 10.2 Å². The van der Waals surface area contributed by atoms with Crippen LogP contribution in [0.2, 0.25) is 0 Å². The summed E-state index contributed by atoms with van der Waals surface area (Å²) in [4.78, 5) is 18.0. The quantitative estimate of drug-likeness (QED) is 0.924. The molecule has 110 valence electrons. The zero-order valence-corrected chi connectivity index (χ0v) is 12.9. The van der Waals surface area contributed by atoms with Crippen LogP contribution in [0.15, 0.2) is 34.9 Å². The Hall–Kier alpha value is -1.53. The molecule has 1 aromatic carbocycles. The van der Waals surface area contributed by atoms with Crippen molar-refractivity contribution < 1.29 is 9.18 Å². The molecule has 2 aromatic rings. The number of halogens is 2. The molecule has 3 rings (SSSR count). The molecule has 6 heteroatoms. The van der Waals surface area contributed by atoms with E-state index in [0.717, 1.165) is 15.2 Å². The Morgan fingerprint density at radius 2 is 2.29 bits per heavy atom. The molecule has 1 amide bonds. The number of anilines is 1. The molecule has 0 spiro atoms. The average Bonchev–Trinajstić information content (AvgIpc) is 2.83. The first kappa shape index (κ1) is 14.4. The maximum Gasteiger partial charge on any atom is 0.239 e. The highest BCUT2D eigenvalue weighted by Crippen LogP contribution is 2.21. The van der Waals surface area contributed by atoms with Crippen LogP contribution in [0.3, 0.4) is 0 Å². The lowest BCUT2D eigenvalue weighted by Gasteiger charge is -2.14. The van der Waals surface area contributed by atoms with Gasteiger partial charge in [-0.15, -0.1) is 0 Å². The molecule has 2 heterocycles. The number of nitrogens with one attached hydrogen (secondary N) is 1. The minimum atomic E-state index is -0.811. The summed E-state index contributed by atoms with van der Waals surface area (Å²) in [6, 6.07) is 7.72. The second kappa shape index (κ2) is 6.07. The van der Waals surface area contributed by atoms with Gasteiger partial charge in [-0.1, -0.05) is 22.0 Å². The number of hydrogen-bond donors (Lipinski definition) is 1. The molecule has 0 saturated carbocycles. The highest BCUT2D eigenvalue weighted by atomic mass is 79.9. The fourth-order valence-electron chi connectivity index (χ4n) is 2.49. The Kier molecular flexibility index (Phi) is 4.17. The minimum Gasteiger partial charge on any atom is -0.310 e. The van der Waals surface area contributed by atoms with Crippen LogP contribution in [0.25, 0.3) is 10.8 Å². The second-order valence-corrected chi connectivity index (χ2v) is 6.15. The summed E-state index contributed by atoms with van der Waals surface area (Å²) in [5.41, 5.74) is 0. The van der Waals surface area contributed by atoms with Gasteiger partial charge in [0.15, 0.2) is 0 Å². The van der Waals surface area contributed by atoms with Gasteiger partial charge in [-0.05, 0) is 30.0 Å². The van der Waals surface area contributed by atoms with Crippen LogP contribution >= 0.6 is 15.9 Å². The normalized spacial score (nSPS) is 19.0. The van der Waals surface area contributed by atoms with Crippen LogP contribution in [0.5, 0.6) is 0 Å². The van der Waals surface area contributed by atoms with Gasteiger partial charge in [-0.25, -0.2) is 9.37 Å². The van der Waals surface area contributed by atoms with Gasteiger partial charge >= 0.3 is 0 Å². The summed E-state index contributed by atoms with van der Waals surface area (Å²) in [6.45, 7) is 1.18. The molecule has 1 saturated heterocycles. The van der Waals surface area contributed by atoms with Crippen molar-refractivity contribution in [1.82, 2.24) is 9.88 Å². The summed E-state index contributed by atoms with van der Waals surface area (Å²) in [5, 5.41) is 4.78.